The van der Waals surface area contributed by atoms with Crippen LogP contribution in [0.5, 0.6) is 0 Å². The zero-order valence-electron chi connectivity index (χ0n) is 20.1. The summed E-state index contributed by atoms with van der Waals surface area (Å²) in [5.74, 6) is 1.86. The minimum atomic E-state index is -0.0271. The van der Waals surface area contributed by atoms with Crippen molar-refractivity contribution in [2.75, 3.05) is 44.8 Å². The topological polar surface area (TPSA) is 77.3 Å². The summed E-state index contributed by atoms with van der Waals surface area (Å²) >= 11 is 1.71. The molecular formula is C25H34N6O2S. The molecule has 0 bridgehead atoms. The van der Waals surface area contributed by atoms with Crippen molar-refractivity contribution in [3.8, 4) is 0 Å². The fraction of sp³-hybridized carbons (Fsp3) is 0.640. The lowest BCUT2D eigenvalue weighted by Crippen LogP contribution is -2.49. The van der Waals surface area contributed by atoms with Crippen LogP contribution in [-0.2, 0) is 21.4 Å². The molecule has 5 heterocycles. The van der Waals surface area contributed by atoms with E-state index in [-0.39, 0.29) is 5.54 Å². The summed E-state index contributed by atoms with van der Waals surface area (Å²) in [7, 11) is 0. The molecule has 0 amide bonds. The fourth-order valence-electron chi connectivity index (χ4n) is 5.49. The molecule has 1 saturated carbocycles. The van der Waals surface area contributed by atoms with Crippen LogP contribution in [0.25, 0.3) is 10.2 Å². The van der Waals surface area contributed by atoms with Gasteiger partial charge in [0.15, 0.2) is 0 Å². The van der Waals surface area contributed by atoms with E-state index in [0.29, 0.717) is 31.7 Å². The highest BCUT2D eigenvalue weighted by Crippen LogP contribution is 2.33. The summed E-state index contributed by atoms with van der Waals surface area (Å²) in [6.45, 7) is 9.69. The highest BCUT2D eigenvalue weighted by molar-refractivity contribution is 7.17. The summed E-state index contributed by atoms with van der Waals surface area (Å²) in [6, 6.07) is 1.16. The Morgan fingerprint density at radius 1 is 1.12 bits per heavy atom. The molecule has 3 aromatic rings. The Hall–Kier alpha value is -2.07. The van der Waals surface area contributed by atoms with Crippen molar-refractivity contribution in [3.63, 3.8) is 0 Å². The molecule has 2 saturated heterocycles. The average Bonchev–Trinajstić information content (AvgIpc) is 3.46. The van der Waals surface area contributed by atoms with Crippen molar-refractivity contribution in [1.82, 2.24) is 24.6 Å². The van der Waals surface area contributed by atoms with Gasteiger partial charge in [-0.3, -0.25) is 9.58 Å². The Balaban J connectivity index is 1.17. The average molecular weight is 483 g/mol. The lowest BCUT2D eigenvalue weighted by atomic mass is 9.90. The lowest BCUT2D eigenvalue weighted by Gasteiger charge is -2.39. The minimum absolute atomic E-state index is 0.0271. The van der Waals surface area contributed by atoms with E-state index in [0.717, 1.165) is 48.3 Å². The standard InChI is InChI=1S/C25H34N6O2S/c1-17-14-34-24-22(17)23(27-19-3-5-20(6-4-19)30-7-9-32-10-8-30)28-21(29-24)11-18-12-26-31(13-18)25(2)15-33-16-25/h12-14,19-20H,3-11,15-16H2,1-2H3,(H,27,28,29). The van der Waals surface area contributed by atoms with E-state index in [4.69, 9.17) is 19.4 Å². The largest absolute Gasteiger partial charge is 0.379 e. The highest BCUT2D eigenvalue weighted by Gasteiger charge is 2.36. The molecule has 3 aromatic heterocycles. The number of anilines is 1. The van der Waals surface area contributed by atoms with Crippen LogP contribution in [0.4, 0.5) is 5.82 Å². The number of hydrogen-bond donors (Lipinski definition) is 1. The van der Waals surface area contributed by atoms with Crippen LogP contribution in [0.1, 0.15) is 49.6 Å². The van der Waals surface area contributed by atoms with Crippen LogP contribution in [0.2, 0.25) is 0 Å². The molecule has 2 aliphatic heterocycles. The van der Waals surface area contributed by atoms with Gasteiger partial charge in [0.1, 0.15) is 22.0 Å². The molecule has 3 aliphatic rings. The number of rotatable bonds is 6. The second-order valence-corrected chi connectivity index (χ2v) is 11.2. The van der Waals surface area contributed by atoms with E-state index in [1.807, 2.05) is 10.9 Å². The first-order chi connectivity index (χ1) is 16.6. The van der Waals surface area contributed by atoms with Crippen molar-refractivity contribution < 1.29 is 9.47 Å². The quantitative estimate of drug-likeness (QED) is 0.575. The normalized spacial score (nSPS) is 25.4. The van der Waals surface area contributed by atoms with Gasteiger partial charge in [-0.05, 0) is 56.0 Å². The van der Waals surface area contributed by atoms with Crippen molar-refractivity contribution in [2.24, 2.45) is 0 Å². The van der Waals surface area contributed by atoms with Crippen LogP contribution in [0.15, 0.2) is 17.8 Å². The third-order valence-corrected chi connectivity index (χ3v) is 8.63. The van der Waals surface area contributed by atoms with Gasteiger partial charge in [0, 0.05) is 37.8 Å². The van der Waals surface area contributed by atoms with Gasteiger partial charge in [-0.2, -0.15) is 5.10 Å². The van der Waals surface area contributed by atoms with Crippen molar-refractivity contribution in [3.05, 3.63) is 34.7 Å². The number of hydrogen-bond acceptors (Lipinski definition) is 8. The Bertz CT molecular complexity index is 1140. The van der Waals surface area contributed by atoms with Gasteiger partial charge in [-0.1, -0.05) is 0 Å². The number of nitrogens with one attached hydrogen (secondary N) is 1. The highest BCUT2D eigenvalue weighted by atomic mass is 32.1. The number of fused-ring (bicyclic) bond motifs is 1. The maximum absolute atomic E-state index is 5.54. The molecule has 1 N–H and O–H groups in total. The number of thiophene rings is 1. The summed E-state index contributed by atoms with van der Waals surface area (Å²) in [5, 5.41) is 11.8. The molecule has 0 unspecified atom stereocenters. The second kappa shape index (κ2) is 9.18. The van der Waals surface area contributed by atoms with Gasteiger partial charge in [0.25, 0.3) is 0 Å². The SMILES string of the molecule is Cc1csc2nc(Cc3cnn(C4(C)COC4)c3)nc(NC3CCC(N4CCOCC4)CC3)c12. The number of aromatic nitrogens is 4. The first-order valence-electron chi connectivity index (χ1n) is 12.5. The molecule has 8 nitrogen and oxygen atoms in total. The maximum atomic E-state index is 5.54. The smallest absolute Gasteiger partial charge is 0.139 e. The van der Waals surface area contributed by atoms with Gasteiger partial charge in [0.05, 0.1) is 38.0 Å². The van der Waals surface area contributed by atoms with E-state index < -0.39 is 0 Å². The molecule has 1 aliphatic carbocycles. The molecule has 34 heavy (non-hydrogen) atoms. The predicted octanol–water partition coefficient (Wildman–Crippen LogP) is 3.59. The summed E-state index contributed by atoms with van der Waals surface area (Å²) < 4.78 is 13.0. The zero-order valence-corrected chi connectivity index (χ0v) is 20.9. The first kappa shape index (κ1) is 22.4. The molecule has 182 valence electrons. The van der Waals surface area contributed by atoms with Crippen molar-refractivity contribution >= 4 is 27.4 Å². The summed E-state index contributed by atoms with van der Waals surface area (Å²) in [6.07, 6.45) is 9.58. The molecule has 9 heteroatoms. The van der Waals surface area contributed by atoms with E-state index in [1.54, 1.807) is 11.3 Å². The van der Waals surface area contributed by atoms with Crippen LogP contribution >= 0.6 is 11.3 Å². The zero-order chi connectivity index (χ0) is 23.1. The summed E-state index contributed by atoms with van der Waals surface area (Å²) in [5.41, 5.74) is 2.36. The molecule has 0 radical (unpaired) electrons. The number of nitrogens with zero attached hydrogens (tertiary/aromatic N) is 5. The van der Waals surface area contributed by atoms with Crippen molar-refractivity contribution in [1.29, 1.82) is 0 Å². The van der Waals surface area contributed by atoms with E-state index in [9.17, 15) is 0 Å². The predicted molar refractivity (Wildman–Crippen MR) is 134 cm³/mol. The van der Waals surface area contributed by atoms with Crippen LogP contribution in [-0.4, -0.2) is 76.2 Å². The Kier molecular flexibility index (Phi) is 6.05. The summed E-state index contributed by atoms with van der Waals surface area (Å²) in [4.78, 5) is 13.6. The van der Waals surface area contributed by atoms with Crippen LogP contribution < -0.4 is 5.32 Å². The third kappa shape index (κ3) is 4.34. The van der Waals surface area contributed by atoms with Gasteiger partial charge in [-0.15, -0.1) is 11.3 Å². The molecule has 6 rings (SSSR count). The minimum Gasteiger partial charge on any atom is -0.379 e. The molecule has 0 atom stereocenters. The maximum Gasteiger partial charge on any atom is 0.139 e. The van der Waals surface area contributed by atoms with Crippen LogP contribution in [0, 0.1) is 6.92 Å². The lowest BCUT2D eigenvalue weighted by molar-refractivity contribution is -0.0958. The molecule has 0 spiro atoms. The molecule has 3 fully saturated rings. The Morgan fingerprint density at radius 2 is 1.91 bits per heavy atom. The number of ether oxygens (including phenoxy) is 2. The second-order valence-electron chi connectivity index (χ2n) is 10.3. The molecular weight excluding hydrogens is 448 g/mol. The van der Waals surface area contributed by atoms with Gasteiger partial charge >= 0.3 is 0 Å². The van der Waals surface area contributed by atoms with E-state index in [1.165, 1.54) is 36.6 Å². The van der Waals surface area contributed by atoms with Gasteiger partial charge < -0.3 is 14.8 Å². The Labute approximate surface area is 204 Å². The van der Waals surface area contributed by atoms with E-state index in [2.05, 4.69) is 40.7 Å². The van der Waals surface area contributed by atoms with Crippen molar-refractivity contribution in [2.45, 2.75) is 63.6 Å². The van der Waals surface area contributed by atoms with Crippen LogP contribution in [0.3, 0.4) is 0 Å². The first-order valence-corrected chi connectivity index (χ1v) is 13.4. The Morgan fingerprint density at radius 3 is 2.65 bits per heavy atom. The number of aryl methyl sites for hydroxylation is 1. The molecule has 0 aromatic carbocycles. The third-order valence-electron chi connectivity index (χ3n) is 7.64. The monoisotopic (exact) mass is 482 g/mol. The van der Waals surface area contributed by atoms with E-state index >= 15 is 0 Å². The van der Waals surface area contributed by atoms with Gasteiger partial charge in [-0.25, -0.2) is 9.97 Å². The number of morpholine rings is 1. The van der Waals surface area contributed by atoms with Gasteiger partial charge in [0.2, 0.25) is 0 Å². The fourth-order valence-corrected chi connectivity index (χ4v) is 6.43.